The van der Waals surface area contributed by atoms with Gasteiger partial charge in [-0.15, -0.1) is 0 Å². The lowest BCUT2D eigenvalue weighted by Gasteiger charge is -2.32. The fourth-order valence-electron chi connectivity index (χ4n) is 4.42. The number of carbonyl (C=O) groups is 2. The van der Waals surface area contributed by atoms with E-state index in [-0.39, 0.29) is 17.7 Å². The average molecular weight is 437 g/mol. The second kappa shape index (κ2) is 10.5. The highest BCUT2D eigenvalue weighted by molar-refractivity contribution is 5.95. The van der Waals surface area contributed by atoms with Crippen molar-refractivity contribution in [3.63, 3.8) is 0 Å². The number of hydrogen-bond acceptors (Lipinski definition) is 5. The number of ether oxygens (including phenoxy) is 1. The number of anilines is 2. The minimum Gasteiger partial charge on any atom is -0.494 e. The van der Waals surface area contributed by atoms with Crippen LogP contribution in [0.2, 0.25) is 0 Å². The van der Waals surface area contributed by atoms with Crippen LogP contribution in [0.25, 0.3) is 0 Å². The van der Waals surface area contributed by atoms with E-state index in [0.29, 0.717) is 12.2 Å². The summed E-state index contributed by atoms with van der Waals surface area (Å²) in [5.74, 6) is 1.73. The molecule has 32 heavy (non-hydrogen) atoms. The molecule has 2 amide bonds. The number of benzene rings is 1. The fourth-order valence-corrected chi connectivity index (χ4v) is 4.42. The predicted octanol–water partition coefficient (Wildman–Crippen LogP) is 3.96. The van der Waals surface area contributed by atoms with Gasteiger partial charge in [-0.25, -0.2) is 4.98 Å². The SMILES string of the molecule is CCOc1ccc(NC(=O)C2CCN(c3cc(C(=O)N4CCCCC4)ccn3)CC2)cc1. The van der Waals surface area contributed by atoms with E-state index < -0.39 is 0 Å². The minimum atomic E-state index is -0.0315. The quantitative estimate of drug-likeness (QED) is 0.742. The van der Waals surface area contributed by atoms with Gasteiger partial charge >= 0.3 is 0 Å². The predicted molar refractivity (Wildman–Crippen MR) is 125 cm³/mol. The van der Waals surface area contributed by atoms with E-state index in [2.05, 4.69) is 15.2 Å². The number of rotatable bonds is 6. The molecule has 2 aliphatic rings. The smallest absolute Gasteiger partial charge is 0.254 e. The first-order chi connectivity index (χ1) is 15.6. The summed E-state index contributed by atoms with van der Waals surface area (Å²) >= 11 is 0. The van der Waals surface area contributed by atoms with Crippen LogP contribution in [0.3, 0.4) is 0 Å². The zero-order valence-corrected chi connectivity index (χ0v) is 18.8. The van der Waals surface area contributed by atoms with Gasteiger partial charge in [0, 0.05) is 49.5 Å². The van der Waals surface area contributed by atoms with Crippen LogP contribution in [-0.2, 0) is 4.79 Å². The maximum absolute atomic E-state index is 12.8. The lowest BCUT2D eigenvalue weighted by atomic mass is 9.95. The third-order valence-corrected chi connectivity index (χ3v) is 6.26. The molecule has 2 aliphatic heterocycles. The molecule has 2 aromatic rings. The summed E-state index contributed by atoms with van der Waals surface area (Å²) in [6, 6.07) is 11.2. The molecule has 4 rings (SSSR count). The highest BCUT2D eigenvalue weighted by atomic mass is 16.5. The van der Waals surface area contributed by atoms with Crippen molar-refractivity contribution in [3.05, 3.63) is 48.2 Å². The van der Waals surface area contributed by atoms with E-state index in [4.69, 9.17) is 4.74 Å². The van der Waals surface area contributed by atoms with Gasteiger partial charge in [0.2, 0.25) is 5.91 Å². The third-order valence-electron chi connectivity index (χ3n) is 6.26. The highest BCUT2D eigenvalue weighted by Crippen LogP contribution is 2.25. The van der Waals surface area contributed by atoms with Crippen LogP contribution in [0, 0.1) is 5.92 Å². The van der Waals surface area contributed by atoms with Crippen LogP contribution in [0.4, 0.5) is 11.5 Å². The van der Waals surface area contributed by atoms with Gasteiger partial charge in [-0.1, -0.05) is 0 Å². The van der Waals surface area contributed by atoms with Crippen LogP contribution in [0.15, 0.2) is 42.6 Å². The normalized spacial score (nSPS) is 17.2. The van der Waals surface area contributed by atoms with Crippen LogP contribution < -0.4 is 15.0 Å². The van der Waals surface area contributed by atoms with Crippen molar-refractivity contribution in [2.24, 2.45) is 5.92 Å². The molecule has 1 aromatic carbocycles. The summed E-state index contributed by atoms with van der Waals surface area (Å²) in [5.41, 5.74) is 1.48. The monoisotopic (exact) mass is 436 g/mol. The maximum Gasteiger partial charge on any atom is 0.254 e. The second-order valence-electron chi connectivity index (χ2n) is 8.46. The standard InChI is InChI=1S/C25H32N4O3/c1-2-32-22-8-6-21(7-9-22)27-24(30)19-11-16-28(17-12-19)23-18-20(10-13-26-23)25(31)29-14-4-3-5-15-29/h6-10,13,18-19H,2-5,11-12,14-17H2,1H3,(H,27,30). The summed E-state index contributed by atoms with van der Waals surface area (Å²) in [5, 5.41) is 3.02. The van der Waals surface area contributed by atoms with Crippen LogP contribution in [0.1, 0.15) is 49.4 Å². The van der Waals surface area contributed by atoms with Crippen LogP contribution in [-0.4, -0.2) is 54.5 Å². The molecule has 1 N–H and O–H groups in total. The maximum atomic E-state index is 12.8. The van der Waals surface area contributed by atoms with Gasteiger partial charge < -0.3 is 19.9 Å². The molecule has 7 nitrogen and oxygen atoms in total. The molecule has 0 spiro atoms. The summed E-state index contributed by atoms with van der Waals surface area (Å²) in [7, 11) is 0. The van der Waals surface area contributed by atoms with Crippen molar-refractivity contribution in [2.75, 3.05) is 43.0 Å². The number of piperidine rings is 2. The van der Waals surface area contributed by atoms with Gasteiger partial charge in [0.15, 0.2) is 0 Å². The van der Waals surface area contributed by atoms with Crippen LogP contribution in [0.5, 0.6) is 5.75 Å². The van der Waals surface area contributed by atoms with Crippen molar-refractivity contribution in [2.45, 2.75) is 39.0 Å². The zero-order chi connectivity index (χ0) is 22.3. The Labute approximate surface area is 189 Å². The fraction of sp³-hybridized carbons (Fsp3) is 0.480. The Balaban J connectivity index is 1.31. The van der Waals surface area contributed by atoms with E-state index in [1.54, 1.807) is 12.3 Å². The van der Waals surface area contributed by atoms with Crippen molar-refractivity contribution in [1.29, 1.82) is 0 Å². The summed E-state index contributed by atoms with van der Waals surface area (Å²) in [6.07, 6.45) is 6.60. The summed E-state index contributed by atoms with van der Waals surface area (Å²) in [6.45, 7) is 5.73. The molecule has 0 unspecified atom stereocenters. The first-order valence-electron chi connectivity index (χ1n) is 11.7. The lowest BCUT2D eigenvalue weighted by Crippen LogP contribution is -2.39. The first-order valence-corrected chi connectivity index (χ1v) is 11.7. The topological polar surface area (TPSA) is 74.8 Å². The Morgan fingerprint density at radius 2 is 1.75 bits per heavy atom. The number of hydrogen-bond donors (Lipinski definition) is 1. The Hall–Kier alpha value is -3.09. The number of pyridine rings is 1. The van der Waals surface area contributed by atoms with E-state index >= 15 is 0 Å². The van der Waals surface area contributed by atoms with E-state index in [1.165, 1.54) is 6.42 Å². The number of carbonyl (C=O) groups excluding carboxylic acids is 2. The molecule has 170 valence electrons. The first kappa shape index (κ1) is 22.1. The Morgan fingerprint density at radius 3 is 2.44 bits per heavy atom. The number of nitrogens with one attached hydrogen (secondary N) is 1. The average Bonchev–Trinajstić information content (AvgIpc) is 2.85. The van der Waals surface area contributed by atoms with Crippen molar-refractivity contribution >= 4 is 23.3 Å². The Morgan fingerprint density at radius 1 is 1.03 bits per heavy atom. The van der Waals surface area contributed by atoms with Gasteiger partial charge in [0.1, 0.15) is 11.6 Å². The molecule has 2 fully saturated rings. The highest BCUT2D eigenvalue weighted by Gasteiger charge is 2.26. The molecule has 0 bridgehead atoms. The summed E-state index contributed by atoms with van der Waals surface area (Å²) < 4.78 is 5.45. The van der Waals surface area contributed by atoms with Crippen molar-refractivity contribution < 1.29 is 14.3 Å². The van der Waals surface area contributed by atoms with Crippen molar-refractivity contribution in [3.8, 4) is 5.75 Å². The molecule has 0 atom stereocenters. The van der Waals surface area contributed by atoms with Crippen LogP contribution >= 0.6 is 0 Å². The van der Waals surface area contributed by atoms with Gasteiger partial charge in [0.05, 0.1) is 6.61 Å². The number of amides is 2. The largest absolute Gasteiger partial charge is 0.494 e. The number of likely N-dealkylation sites (tertiary alicyclic amines) is 1. The van der Waals surface area contributed by atoms with Crippen molar-refractivity contribution in [1.82, 2.24) is 9.88 Å². The molecule has 7 heteroatoms. The molecular weight excluding hydrogens is 404 g/mol. The molecule has 3 heterocycles. The van der Waals surface area contributed by atoms with E-state index in [1.807, 2.05) is 42.2 Å². The second-order valence-corrected chi connectivity index (χ2v) is 8.46. The van der Waals surface area contributed by atoms with Gasteiger partial charge in [-0.3, -0.25) is 9.59 Å². The number of nitrogens with zero attached hydrogens (tertiary/aromatic N) is 3. The zero-order valence-electron chi connectivity index (χ0n) is 18.8. The summed E-state index contributed by atoms with van der Waals surface area (Å²) in [4.78, 5) is 34.2. The minimum absolute atomic E-state index is 0.0315. The lowest BCUT2D eigenvalue weighted by molar-refractivity contribution is -0.120. The molecular formula is C25H32N4O3. The molecule has 2 saturated heterocycles. The molecule has 0 saturated carbocycles. The molecule has 0 aliphatic carbocycles. The van der Waals surface area contributed by atoms with E-state index in [9.17, 15) is 9.59 Å². The molecule has 0 radical (unpaired) electrons. The van der Waals surface area contributed by atoms with Gasteiger partial charge in [-0.05, 0) is 75.4 Å². The van der Waals surface area contributed by atoms with Gasteiger partial charge in [0.25, 0.3) is 5.91 Å². The molecule has 1 aromatic heterocycles. The Bertz CT molecular complexity index is 917. The van der Waals surface area contributed by atoms with E-state index in [0.717, 1.165) is 69.1 Å². The number of aromatic nitrogens is 1. The van der Waals surface area contributed by atoms with Gasteiger partial charge in [-0.2, -0.15) is 0 Å². The Kier molecular flexibility index (Phi) is 7.24. The third kappa shape index (κ3) is 5.39.